The summed E-state index contributed by atoms with van der Waals surface area (Å²) < 4.78 is 18.2. The second-order valence-electron chi connectivity index (χ2n) is 8.08. The van der Waals surface area contributed by atoms with Crippen LogP contribution in [0.5, 0.6) is 0 Å². The zero-order chi connectivity index (χ0) is 18.9. The molecule has 1 aliphatic heterocycles. The molecule has 26 heavy (non-hydrogen) atoms. The van der Waals surface area contributed by atoms with Gasteiger partial charge < -0.3 is 13.9 Å². The highest BCUT2D eigenvalue weighted by atomic mass is 35.5. The van der Waals surface area contributed by atoms with Gasteiger partial charge in [-0.05, 0) is 63.2 Å². The summed E-state index contributed by atoms with van der Waals surface area (Å²) in [5, 5.41) is 0.647. The lowest BCUT2D eigenvalue weighted by Gasteiger charge is -2.50. The van der Waals surface area contributed by atoms with Crippen LogP contribution in [0.1, 0.15) is 37.7 Å². The largest absolute Gasteiger partial charge is 0.466 e. The molecule has 0 aromatic heterocycles. The summed E-state index contributed by atoms with van der Waals surface area (Å²) in [5.41, 5.74) is 1.42. The minimum atomic E-state index is -1.84. The predicted octanol–water partition coefficient (Wildman–Crippen LogP) is 5.38. The molecule has 0 amide bonds. The Morgan fingerprint density at radius 2 is 1.92 bits per heavy atom. The standard InChI is InChI=1S/C20H27ClO4Si/c1-23-19(22)17-13-15-7-5-6-12-20(15,25-26(2,3)4)24-18(17)14-8-10-16(21)11-9-14/h8-11,15H,5-7,12-13H2,1-4H3. The van der Waals surface area contributed by atoms with Crippen molar-refractivity contribution in [1.82, 2.24) is 0 Å². The molecule has 0 N–H and O–H groups in total. The average molecular weight is 395 g/mol. The van der Waals surface area contributed by atoms with E-state index in [2.05, 4.69) is 19.6 Å². The van der Waals surface area contributed by atoms with Crippen molar-refractivity contribution >= 4 is 31.6 Å². The fourth-order valence-corrected chi connectivity index (χ4v) is 5.43. The summed E-state index contributed by atoms with van der Waals surface area (Å²) in [6.45, 7) is 6.54. The molecule has 3 rings (SSSR count). The minimum Gasteiger partial charge on any atom is -0.466 e. The summed E-state index contributed by atoms with van der Waals surface area (Å²) in [4.78, 5) is 12.5. The monoisotopic (exact) mass is 394 g/mol. The number of hydrogen-bond acceptors (Lipinski definition) is 4. The fraction of sp³-hybridized carbons (Fsp3) is 0.550. The average Bonchev–Trinajstić information content (AvgIpc) is 2.59. The number of ether oxygens (including phenoxy) is 2. The van der Waals surface area contributed by atoms with Crippen molar-refractivity contribution in [2.75, 3.05) is 7.11 Å². The number of fused-ring (bicyclic) bond motifs is 1. The van der Waals surface area contributed by atoms with Crippen molar-refractivity contribution in [2.24, 2.45) is 5.92 Å². The van der Waals surface area contributed by atoms with Gasteiger partial charge in [-0.3, -0.25) is 0 Å². The molecule has 1 saturated carbocycles. The van der Waals surface area contributed by atoms with E-state index in [-0.39, 0.29) is 11.9 Å². The van der Waals surface area contributed by atoms with E-state index in [0.29, 0.717) is 22.8 Å². The fourth-order valence-electron chi connectivity index (χ4n) is 3.96. The van der Waals surface area contributed by atoms with E-state index < -0.39 is 14.1 Å². The van der Waals surface area contributed by atoms with Crippen LogP contribution in [-0.4, -0.2) is 27.2 Å². The SMILES string of the molecule is COC(=O)C1=C(c2ccc(Cl)cc2)OC2(O[Si](C)(C)C)CCCCC2C1. The molecule has 1 aliphatic carbocycles. The maximum Gasteiger partial charge on any atom is 0.337 e. The highest BCUT2D eigenvalue weighted by Crippen LogP contribution is 2.50. The number of esters is 1. The summed E-state index contributed by atoms with van der Waals surface area (Å²) in [6.07, 6.45) is 4.68. The van der Waals surface area contributed by atoms with Crippen LogP contribution in [0, 0.1) is 5.92 Å². The molecule has 142 valence electrons. The third-order valence-corrected chi connectivity index (χ3v) is 6.18. The maximum atomic E-state index is 12.5. The molecule has 0 spiro atoms. The highest BCUT2D eigenvalue weighted by Gasteiger charge is 2.51. The predicted molar refractivity (Wildman–Crippen MR) is 105 cm³/mol. The molecular formula is C20H27ClO4Si. The van der Waals surface area contributed by atoms with Crippen LogP contribution in [0.15, 0.2) is 29.8 Å². The molecule has 1 fully saturated rings. The Balaban J connectivity index is 2.08. The topological polar surface area (TPSA) is 44.8 Å². The van der Waals surface area contributed by atoms with E-state index in [1.807, 2.05) is 12.1 Å². The van der Waals surface area contributed by atoms with Crippen LogP contribution in [0.2, 0.25) is 24.7 Å². The van der Waals surface area contributed by atoms with E-state index in [1.54, 1.807) is 12.1 Å². The van der Waals surface area contributed by atoms with Crippen molar-refractivity contribution in [1.29, 1.82) is 0 Å². The quantitative estimate of drug-likeness (QED) is 0.507. The second-order valence-corrected chi connectivity index (χ2v) is 12.9. The van der Waals surface area contributed by atoms with Crippen LogP contribution < -0.4 is 0 Å². The molecule has 6 heteroatoms. The Hall–Kier alpha value is -1.30. The van der Waals surface area contributed by atoms with E-state index >= 15 is 0 Å². The summed E-state index contributed by atoms with van der Waals surface area (Å²) in [6, 6.07) is 7.38. The van der Waals surface area contributed by atoms with Crippen molar-refractivity contribution in [3.8, 4) is 0 Å². The van der Waals surface area contributed by atoms with Crippen LogP contribution in [0.3, 0.4) is 0 Å². The Morgan fingerprint density at radius 1 is 1.23 bits per heavy atom. The van der Waals surface area contributed by atoms with Gasteiger partial charge >= 0.3 is 5.97 Å². The third kappa shape index (κ3) is 4.00. The Labute approximate surface area is 161 Å². The zero-order valence-electron chi connectivity index (χ0n) is 15.9. The number of halogens is 1. The number of rotatable bonds is 4. The Morgan fingerprint density at radius 3 is 2.54 bits per heavy atom. The van der Waals surface area contributed by atoms with Crippen molar-refractivity contribution in [2.45, 2.75) is 57.5 Å². The van der Waals surface area contributed by atoms with Gasteiger partial charge in [0.1, 0.15) is 5.76 Å². The molecule has 1 aromatic carbocycles. The first-order valence-corrected chi connectivity index (χ1v) is 13.0. The Kier molecular flexibility index (Phi) is 5.52. The van der Waals surface area contributed by atoms with Gasteiger partial charge in [-0.2, -0.15) is 0 Å². The smallest absolute Gasteiger partial charge is 0.337 e. The number of hydrogen-bond donors (Lipinski definition) is 0. The highest BCUT2D eigenvalue weighted by molar-refractivity contribution is 6.69. The van der Waals surface area contributed by atoms with Crippen molar-refractivity contribution in [3.63, 3.8) is 0 Å². The third-order valence-electron chi connectivity index (χ3n) is 4.97. The van der Waals surface area contributed by atoms with E-state index in [9.17, 15) is 4.79 Å². The second kappa shape index (κ2) is 7.37. The molecule has 1 heterocycles. The van der Waals surface area contributed by atoms with Gasteiger partial charge in [-0.1, -0.05) is 18.0 Å². The van der Waals surface area contributed by atoms with E-state index in [1.165, 1.54) is 7.11 Å². The lowest BCUT2D eigenvalue weighted by molar-refractivity contribution is -0.206. The van der Waals surface area contributed by atoms with Gasteiger partial charge in [-0.15, -0.1) is 0 Å². The van der Waals surface area contributed by atoms with Crippen LogP contribution in [-0.2, 0) is 18.7 Å². The molecule has 0 saturated heterocycles. The summed E-state index contributed by atoms with van der Waals surface area (Å²) in [7, 11) is -0.431. The number of methoxy groups -OCH3 is 1. The summed E-state index contributed by atoms with van der Waals surface area (Å²) in [5.74, 6) is -0.227. The van der Waals surface area contributed by atoms with Gasteiger partial charge in [-0.25, -0.2) is 4.79 Å². The van der Waals surface area contributed by atoms with Gasteiger partial charge in [0.25, 0.3) is 0 Å². The molecule has 0 bridgehead atoms. The lowest BCUT2D eigenvalue weighted by atomic mass is 9.77. The molecule has 2 unspecified atom stereocenters. The lowest BCUT2D eigenvalue weighted by Crippen LogP contribution is -2.53. The minimum absolute atomic E-state index is 0.174. The number of carbonyl (C=O) groups is 1. The van der Waals surface area contributed by atoms with E-state index in [4.69, 9.17) is 25.5 Å². The van der Waals surface area contributed by atoms with Crippen LogP contribution in [0.25, 0.3) is 5.76 Å². The van der Waals surface area contributed by atoms with E-state index in [0.717, 1.165) is 31.2 Å². The molecule has 0 radical (unpaired) electrons. The van der Waals surface area contributed by atoms with Crippen molar-refractivity contribution < 1.29 is 18.7 Å². The van der Waals surface area contributed by atoms with Crippen LogP contribution in [0.4, 0.5) is 0 Å². The molecule has 2 aliphatic rings. The number of benzene rings is 1. The van der Waals surface area contributed by atoms with Crippen LogP contribution >= 0.6 is 11.6 Å². The first kappa shape index (κ1) is 19.5. The first-order chi connectivity index (χ1) is 12.2. The van der Waals surface area contributed by atoms with Gasteiger partial charge in [0.2, 0.25) is 5.79 Å². The number of carbonyl (C=O) groups excluding carboxylic acids is 1. The van der Waals surface area contributed by atoms with Gasteiger partial charge in [0, 0.05) is 22.9 Å². The molecular weight excluding hydrogens is 368 g/mol. The molecule has 1 aromatic rings. The summed E-state index contributed by atoms with van der Waals surface area (Å²) >= 11 is 6.03. The normalized spacial score (nSPS) is 26.1. The van der Waals surface area contributed by atoms with Gasteiger partial charge in [0.15, 0.2) is 8.32 Å². The molecule has 4 nitrogen and oxygen atoms in total. The first-order valence-electron chi connectivity index (χ1n) is 9.21. The Bertz CT molecular complexity index is 708. The maximum absolute atomic E-state index is 12.5. The zero-order valence-corrected chi connectivity index (χ0v) is 17.7. The van der Waals surface area contributed by atoms with Gasteiger partial charge in [0.05, 0.1) is 12.7 Å². The van der Waals surface area contributed by atoms with Crippen molar-refractivity contribution in [3.05, 3.63) is 40.4 Å². The molecule has 2 atom stereocenters.